The van der Waals surface area contributed by atoms with E-state index >= 15 is 0 Å². The van der Waals surface area contributed by atoms with Crippen molar-refractivity contribution in [2.24, 2.45) is 5.41 Å². The molecule has 0 radical (unpaired) electrons. The van der Waals surface area contributed by atoms with Gasteiger partial charge in [0.25, 0.3) is 0 Å². The molecule has 0 bridgehead atoms. The minimum Gasteiger partial charge on any atom is -0.393 e. The molecule has 1 fully saturated rings. The van der Waals surface area contributed by atoms with Gasteiger partial charge in [0.2, 0.25) is 5.92 Å². The van der Waals surface area contributed by atoms with Crippen LogP contribution in [0.25, 0.3) is 0 Å². The maximum Gasteiger partial charge on any atom is 0.249 e. The van der Waals surface area contributed by atoms with Crippen LogP contribution in [0.3, 0.4) is 0 Å². The summed E-state index contributed by atoms with van der Waals surface area (Å²) in [7, 11) is 0. The molecule has 1 saturated carbocycles. The first kappa shape index (κ1) is 7.92. The van der Waals surface area contributed by atoms with Crippen LogP contribution in [0.2, 0.25) is 0 Å². The molecule has 1 atom stereocenters. The van der Waals surface area contributed by atoms with Gasteiger partial charge in [0.05, 0.1) is 6.10 Å². The summed E-state index contributed by atoms with van der Waals surface area (Å²) in [6, 6.07) is 0. The molecule has 0 amide bonds. The molecule has 0 aromatic rings. The molecule has 1 nitrogen and oxygen atoms in total. The number of aliphatic hydroxyl groups excluding tert-OH is 1. The van der Waals surface area contributed by atoms with Gasteiger partial charge in [-0.25, -0.2) is 8.78 Å². The molecule has 1 N–H and O–H groups in total. The zero-order chi connectivity index (χ0) is 7.99. The lowest BCUT2D eigenvalue weighted by molar-refractivity contribution is -0.188. The van der Waals surface area contributed by atoms with Crippen molar-refractivity contribution in [3.05, 3.63) is 0 Å². The Hall–Kier alpha value is -0.180. The summed E-state index contributed by atoms with van der Waals surface area (Å²) in [5.41, 5.74) is -0.538. The smallest absolute Gasteiger partial charge is 0.249 e. The van der Waals surface area contributed by atoms with Gasteiger partial charge in [-0.3, -0.25) is 0 Å². The Balaban J connectivity index is 2.50. The minimum atomic E-state index is -2.52. The molecule has 0 spiro atoms. The average Bonchev–Trinajstić information content (AvgIpc) is 1.59. The second-order valence-electron chi connectivity index (χ2n) is 3.54. The Morgan fingerprint density at radius 3 is 1.90 bits per heavy atom. The minimum absolute atomic E-state index is 0.169. The van der Waals surface area contributed by atoms with E-state index in [0.29, 0.717) is 0 Å². The van der Waals surface area contributed by atoms with Crippen LogP contribution in [-0.4, -0.2) is 17.1 Å². The molecular weight excluding hydrogens is 138 g/mol. The van der Waals surface area contributed by atoms with E-state index in [4.69, 9.17) is 5.11 Å². The number of hydrogen-bond donors (Lipinski definition) is 1. The van der Waals surface area contributed by atoms with Crippen molar-refractivity contribution in [3.8, 4) is 0 Å². The quantitative estimate of drug-likeness (QED) is 0.604. The number of aliphatic hydroxyl groups is 1. The van der Waals surface area contributed by atoms with Gasteiger partial charge in [0, 0.05) is 18.3 Å². The predicted molar refractivity (Wildman–Crippen MR) is 34.0 cm³/mol. The summed E-state index contributed by atoms with van der Waals surface area (Å²) in [4.78, 5) is 0. The summed E-state index contributed by atoms with van der Waals surface area (Å²) in [6.07, 6.45) is -0.956. The van der Waals surface area contributed by atoms with Gasteiger partial charge in [-0.1, -0.05) is 6.92 Å². The predicted octanol–water partition coefficient (Wildman–Crippen LogP) is 1.80. The van der Waals surface area contributed by atoms with E-state index in [1.807, 2.05) is 0 Å². The largest absolute Gasteiger partial charge is 0.393 e. The van der Waals surface area contributed by atoms with Gasteiger partial charge in [-0.15, -0.1) is 0 Å². The lowest BCUT2D eigenvalue weighted by Crippen LogP contribution is -2.50. The van der Waals surface area contributed by atoms with E-state index in [1.165, 1.54) is 0 Å². The molecular formula is C7H12F2O. The van der Waals surface area contributed by atoms with Gasteiger partial charge >= 0.3 is 0 Å². The number of rotatable bonds is 1. The number of halogens is 2. The van der Waals surface area contributed by atoms with E-state index in [9.17, 15) is 8.78 Å². The van der Waals surface area contributed by atoms with Gasteiger partial charge in [0.1, 0.15) is 0 Å². The van der Waals surface area contributed by atoms with Crippen molar-refractivity contribution in [2.45, 2.75) is 38.7 Å². The van der Waals surface area contributed by atoms with Crippen LogP contribution < -0.4 is 0 Å². The maximum absolute atomic E-state index is 12.3. The van der Waals surface area contributed by atoms with Crippen molar-refractivity contribution in [1.29, 1.82) is 0 Å². The standard InChI is InChI=1S/C7H12F2O/c1-5(10)6(2)3-7(8,9)4-6/h5,10H,3-4H2,1-2H3. The zero-order valence-corrected chi connectivity index (χ0v) is 6.19. The molecule has 1 rings (SSSR count). The molecule has 1 aliphatic rings. The summed E-state index contributed by atoms with van der Waals surface area (Å²) in [6.45, 7) is 3.25. The van der Waals surface area contributed by atoms with Crippen molar-refractivity contribution in [1.82, 2.24) is 0 Å². The van der Waals surface area contributed by atoms with Crippen LogP contribution in [0.15, 0.2) is 0 Å². The molecule has 0 heterocycles. The fourth-order valence-electron chi connectivity index (χ4n) is 1.43. The number of alkyl halides is 2. The van der Waals surface area contributed by atoms with Crippen LogP contribution in [0.5, 0.6) is 0 Å². The van der Waals surface area contributed by atoms with E-state index in [1.54, 1.807) is 13.8 Å². The molecule has 1 aliphatic carbocycles. The third-order valence-corrected chi connectivity index (χ3v) is 2.33. The Morgan fingerprint density at radius 1 is 1.40 bits per heavy atom. The van der Waals surface area contributed by atoms with Crippen molar-refractivity contribution in [2.75, 3.05) is 0 Å². The van der Waals surface area contributed by atoms with E-state index in [2.05, 4.69) is 0 Å². The van der Waals surface area contributed by atoms with Gasteiger partial charge in [-0.05, 0) is 6.92 Å². The van der Waals surface area contributed by atoms with E-state index in [-0.39, 0.29) is 12.8 Å². The third kappa shape index (κ3) is 1.15. The van der Waals surface area contributed by atoms with Crippen molar-refractivity contribution < 1.29 is 13.9 Å². The third-order valence-electron chi connectivity index (χ3n) is 2.33. The SMILES string of the molecule is CC(O)C1(C)CC(F)(F)C1. The summed E-state index contributed by atoms with van der Waals surface area (Å²) >= 11 is 0. The van der Waals surface area contributed by atoms with Gasteiger partial charge in [0.15, 0.2) is 0 Å². The molecule has 0 saturated heterocycles. The van der Waals surface area contributed by atoms with Crippen LogP contribution in [0.1, 0.15) is 26.7 Å². The van der Waals surface area contributed by atoms with Crippen LogP contribution in [-0.2, 0) is 0 Å². The molecule has 0 aromatic heterocycles. The van der Waals surface area contributed by atoms with Crippen molar-refractivity contribution >= 4 is 0 Å². The molecule has 0 aliphatic heterocycles. The fourth-order valence-corrected chi connectivity index (χ4v) is 1.43. The highest BCUT2D eigenvalue weighted by Crippen LogP contribution is 2.53. The topological polar surface area (TPSA) is 20.2 Å². The maximum atomic E-state index is 12.3. The highest BCUT2D eigenvalue weighted by atomic mass is 19.3. The normalized spacial score (nSPS) is 30.9. The molecule has 60 valence electrons. The lowest BCUT2D eigenvalue weighted by Gasteiger charge is -2.46. The van der Waals surface area contributed by atoms with Gasteiger partial charge in [-0.2, -0.15) is 0 Å². The average molecular weight is 150 g/mol. The lowest BCUT2D eigenvalue weighted by atomic mass is 9.64. The first-order valence-corrected chi connectivity index (χ1v) is 3.42. The second kappa shape index (κ2) is 1.91. The molecule has 1 unspecified atom stereocenters. The molecule has 10 heavy (non-hydrogen) atoms. The van der Waals surface area contributed by atoms with Crippen LogP contribution >= 0.6 is 0 Å². The first-order chi connectivity index (χ1) is 4.36. The summed E-state index contributed by atoms with van der Waals surface area (Å²) < 4.78 is 24.6. The molecule has 0 aromatic carbocycles. The van der Waals surface area contributed by atoms with Crippen LogP contribution in [0.4, 0.5) is 8.78 Å². The Morgan fingerprint density at radius 2 is 1.80 bits per heavy atom. The zero-order valence-electron chi connectivity index (χ0n) is 6.19. The summed E-state index contributed by atoms with van der Waals surface area (Å²) in [5.74, 6) is -2.52. The Labute approximate surface area is 59.0 Å². The molecule has 3 heteroatoms. The van der Waals surface area contributed by atoms with E-state index in [0.717, 1.165) is 0 Å². The van der Waals surface area contributed by atoms with E-state index < -0.39 is 17.4 Å². The van der Waals surface area contributed by atoms with Crippen LogP contribution in [0, 0.1) is 5.41 Å². The van der Waals surface area contributed by atoms with Crippen molar-refractivity contribution in [3.63, 3.8) is 0 Å². The Kier molecular flexibility index (Phi) is 1.51. The summed E-state index contributed by atoms with van der Waals surface area (Å²) in [5, 5.41) is 9.03. The monoisotopic (exact) mass is 150 g/mol. The fraction of sp³-hybridized carbons (Fsp3) is 1.00. The number of hydrogen-bond acceptors (Lipinski definition) is 1. The highest BCUT2D eigenvalue weighted by molar-refractivity contribution is 4.98. The highest BCUT2D eigenvalue weighted by Gasteiger charge is 2.55. The second-order valence-corrected chi connectivity index (χ2v) is 3.54. The Bertz CT molecular complexity index is 135. The first-order valence-electron chi connectivity index (χ1n) is 3.42. The van der Waals surface area contributed by atoms with Gasteiger partial charge < -0.3 is 5.11 Å².